The van der Waals surface area contributed by atoms with E-state index in [1.807, 2.05) is 6.20 Å². The minimum atomic E-state index is -1.33. The summed E-state index contributed by atoms with van der Waals surface area (Å²) in [5.41, 5.74) is 1.75. The molecule has 5 rings (SSSR count). The molecule has 190 valence electrons. The molecule has 1 aliphatic rings. The Hall–Kier alpha value is -3.89. The number of H-pyrrole nitrogens is 1. The molecule has 0 amide bonds. The first kappa shape index (κ1) is 24.8. The van der Waals surface area contributed by atoms with Crippen molar-refractivity contribution in [2.24, 2.45) is 4.99 Å². The summed E-state index contributed by atoms with van der Waals surface area (Å²) in [6.07, 6.45) is 6.29. The zero-order chi connectivity index (χ0) is 26.0. The van der Waals surface area contributed by atoms with Crippen LogP contribution in [0.25, 0.3) is 10.4 Å². The highest BCUT2D eigenvalue weighted by Gasteiger charge is 2.28. The largest absolute Gasteiger partial charge is 0.381 e. The number of nitrogens with zero attached hydrogens (tertiary/aromatic N) is 5. The van der Waals surface area contributed by atoms with Gasteiger partial charge in [-0.3, -0.25) is 5.41 Å². The zero-order valence-electron chi connectivity index (χ0n) is 20.6. The van der Waals surface area contributed by atoms with Crippen LogP contribution < -0.4 is 4.90 Å². The third-order valence-corrected chi connectivity index (χ3v) is 7.65. The predicted octanol–water partition coefficient (Wildman–Crippen LogP) is 4.41. The second kappa shape index (κ2) is 10.2. The highest BCUT2D eigenvalue weighted by atomic mass is 32.1. The molecule has 4 aromatic rings. The van der Waals surface area contributed by atoms with Crippen LogP contribution in [-0.2, 0) is 5.60 Å². The summed E-state index contributed by atoms with van der Waals surface area (Å²) in [7, 11) is 0. The SMILES string of the molecule is Cc1ccc(-c2c[nH]c(C(=NC=N)N3CCN(c4ncc([C@](C)(O)c5ccc(F)cc5)cn4)CC3)c2)s1. The number of thiophene rings is 1. The summed E-state index contributed by atoms with van der Waals surface area (Å²) >= 11 is 1.74. The Balaban J connectivity index is 1.26. The smallest absolute Gasteiger partial charge is 0.225 e. The Bertz CT molecular complexity index is 1400. The van der Waals surface area contributed by atoms with Gasteiger partial charge in [-0.05, 0) is 49.7 Å². The van der Waals surface area contributed by atoms with E-state index in [9.17, 15) is 9.50 Å². The van der Waals surface area contributed by atoms with E-state index in [1.54, 1.807) is 42.8 Å². The third-order valence-electron chi connectivity index (χ3n) is 6.60. The van der Waals surface area contributed by atoms with Crippen LogP contribution in [0.5, 0.6) is 0 Å². The average molecular weight is 518 g/mol. The molecular weight excluding hydrogens is 489 g/mol. The number of aromatic nitrogens is 3. The molecule has 10 heteroatoms. The number of aliphatic hydroxyl groups is 1. The minimum Gasteiger partial charge on any atom is -0.381 e. The lowest BCUT2D eigenvalue weighted by Gasteiger charge is -2.36. The quantitative estimate of drug-likeness (QED) is 0.260. The molecule has 37 heavy (non-hydrogen) atoms. The summed E-state index contributed by atoms with van der Waals surface area (Å²) < 4.78 is 13.3. The van der Waals surface area contributed by atoms with Gasteiger partial charge in [0.05, 0.1) is 5.69 Å². The lowest BCUT2D eigenvalue weighted by Crippen LogP contribution is -2.49. The highest BCUT2D eigenvalue weighted by Crippen LogP contribution is 2.30. The minimum absolute atomic E-state index is 0.353. The van der Waals surface area contributed by atoms with Crippen molar-refractivity contribution in [2.75, 3.05) is 31.1 Å². The van der Waals surface area contributed by atoms with Crippen molar-refractivity contribution in [3.8, 4) is 10.4 Å². The normalized spacial score (nSPS) is 16.1. The number of aryl methyl sites for hydroxylation is 1. The van der Waals surface area contributed by atoms with Crippen molar-refractivity contribution in [3.63, 3.8) is 0 Å². The van der Waals surface area contributed by atoms with Crippen molar-refractivity contribution in [1.82, 2.24) is 19.9 Å². The van der Waals surface area contributed by atoms with E-state index in [4.69, 9.17) is 5.41 Å². The Morgan fingerprint density at radius 3 is 2.43 bits per heavy atom. The molecule has 0 bridgehead atoms. The van der Waals surface area contributed by atoms with Crippen molar-refractivity contribution in [1.29, 1.82) is 5.41 Å². The first-order valence-corrected chi connectivity index (χ1v) is 12.8. The molecule has 0 saturated carbocycles. The molecule has 1 atom stereocenters. The number of piperazine rings is 1. The first-order chi connectivity index (χ1) is 17.8. The second-order valence-electron chi connectivity index (χ2n) is 9.12. The Morgan fingerprint density at radius 1 is 1.11 bits per heavy atom. The Kier molecular flexibility index (Phi) is 6.86. The number of benzene rings is 1. The van der Waals surface area contributed by atoms with E-state index < -0.39 is 5.60 Å². The predicted molar refractivity (Wildman–Crippen MR) is 145 cm³/mol. The van der Waals surface area contributed by atoms with E-state index in [0.29, 0.717) is 43.3 Å². The van der Waals surface area contributed by atoms with E-state index in [0.717, 1.165) is 23.4 Å². The molecule has 0 unspecified atom stereocenters. The third kappa shape index (κ3) is 5.16. The fourth-order valence-corrected chi connectivity index (χ4v) is 5.29. The molecule has 1 aromatic carbocycles. The monoisotopic (exact) mass is 517 g/mol. The standard InChI is InChI=1S/C27H28FN7OS/c1-18-3-8-24(37-18)19-13-23(30-14-19)25(33-17-29)34-9-11-35(12-10-34)26-31-15-21(16-32-26)27(2,36)20-4-6-22(28)7-5-20/h3-8,13-17,29-30,36H,9-12H2,1-2H3/t27-/m1/s1. The summed E-state index contributed by atoms with van der Waals surface area (Å²) in [5, 5.41) is 18.6. The summed E-state index contributed by atoms with van der Waals surface area (Å²) in [5.74, 6) is 0.966. The van der Waals surface area contributed by atoms with Gasteiger partial charge in [0.25, 0.3) is 0 Å². The maximum Gasteiger partial charge on any atom is 0.225 e. The fourth-order valence-electron chi connectivity index (χ4n) is 4.43. The molecule has 0 aliphatic carbocycles. The number of hydrogen-bond acceptors (Lipinski definition) is 6. The molecule has 3 N–H and O–H groups in total. The van der Waals surface area contributed by atoms with Crippen molar-refractivity contribution in [3.05, 3.63) is 88.6 Å². The van der Waals surface area contributed by atoms with Crippen molar-refractivity contribution < 1.29 is 9.50 Å². The van der Waals surface area contributed by atoms with E-state index in [1.165, 1.54) is 21.9 Å². The van der Waals surface area contributed by atoms with Gasteiger partial charge in [-0.15, -0.1) is 11.3 Å². The highest BCUT2D eigenvalue weighted by molar-refractivity contribution is 7.15. The maximum absolute atomic E-state index is 13.3. The fraction of sp³-hybridized carbons (Fsp3) is 0.259. The van der Waals surface area contributed by atoms with Crippen molar-refractivity contribution in [2.45, 2.75) is 19.4 Å². The van der Waals surface area contributed by atoms with Crippen LogP contribution in [0.1, 0.15) is 28.6 Å². The molecule has 0 radical (unpaired) electrons. The van der Waals surface area contributed by atoms with Gasteiger partial charge in [-0.2, -0.15) is 0 Å². The van der Waals surface area contributed by atoms with Gasteiger partial charge >= 0.3 is 0 Å². The summed E-state index contributed by atoms with van der Waals surface area (Å²) in [6.45, 7) is 6.49. The van der Waals surface area contributed by atoms with E-state index in [2.05, 4.69) is 54.9 Å². The number of amidine groups is 1. The van der Waals surface area contributed by atoms with Crippen LogP contribution in [0.3, 0.4) is 0 Å². The van der Waals surface area contributed by atoms with Gasteiger partial charge in [0.15, 0.2) is 5.84 Å². The topological polar surface area (TPSA) is 104 Å². The number of nitrogens with one attached hydrogen (secondary N) is 2. The van der Waals surface area contributed by atoms with Crippen LogP contribution in [0.4, 0.5) is 10.3 Å². The van der Waals surface area contributed by atoms with Gasteiger partial charge in [-0.25, -0.2) is 19.4 Å². The van der Waals surface area contributed by atoms with Crippen LogP contribution in [0.2, 0.25) is 0 Å². The van der Waals surface area contributed by atoms with Crippen molar-refractivity contribution >= 4 is 29.5 Å². The molecule has 1 aliphatic heterocycles. The number of anilines is 1. The molecule has 1 fully saturated rings. The first-order valence-electron chi connectivity index (χ1n) is 12.0. The Labute approximate surface area is 218 Å². The molecule has 3 aromatic heterocycles. The van der Waals surface area contributed by atoms with E-state index in [-0.39, 0.29) is 5.82 Å². The Morgan fingerprint density at radius 2 is 1.81 bits per heavy atom. The van der Waals surface area contributed by atoms with Crippen LogP contribution >= 0.6 is 11.3 Å². The van der Waals surface area contributed by atoms with Gasteiger partial charge in [0, 0.05) is 65.7 Å². The average Bonchev–Trinajstić information content (AvgIpc) is 3.57. The number of aromatic amines is 1. The van der Waals surface area contributed by atoms with Gasteiger partial charge in [0.1, 0.15) is 17.8 Å². The zero-order valence-corrected chi connectivity index (χ0v) is 21.5. The molecule has 1 saturated heterocycles. The molecule has 0 spiro atoms. The molecule has 4 heterocycles. The van der Waals surface area contributed by atoms with Crippen LogP contribution in [0.15, 0.2) is 66.0 Å². The number of hydrogen-bond donors (Lipinski definition) is 3. The van der Waals surface area contributed by atoms with Crippen LogP contribution in [-0.4, -0.2) is 63.3 Å². The molecule has 8 nitrogen and oxygen atoms in total. The van der Waals surface area contributed by atoms with Crippen LogP contribution in [0, 0.1) is 18.2 Å². The number of aliphatic imine (C=N–C) groups is 1. The lowest BCUT2D eigenvalue weighted by atomic mass is 9.90. The van der Waals surface area contributed by atoms with Gasteiger partial charge < -0.3 is 19.9 Å². The maximum atomic E-state index is 13.3. The lowest BCUT2D eigenvalue weighted by molar-refractivity contribution is 0.101. The van der Waals surface area contributed by atoms with Gasteiger partial charge in [0.2, 0.25) is 5.95 Å². The molecular formula is C27H28FN7OS. The second-order valence-corrected chi connectivity index (χ2v) is 10.4. The summed E-state index contributed by atoms with van der Waals surface area (Å²) in [6, 6.07) is 12.1. The van der Waals surface area contributed by atoms with Gasteiger partial charge in [-0.1, -0.05) is 12.1 Å². The number of rotatable bonds is 6. The summed E-state index contributed by atoms with van der Waals surface area (Å²) in [4.78, 5) is 23.4. The van der Waals surface area contributed by atoms with E-state index >= 15 is 0 Å². The number of halogens is 1.